The van der Waals surface area contributed by atoms with Crippen LogP contribution in [0.15, 0.2) is 10.3 Å². The van der Waals surface area contributed by atoms with Crippen LogP contribution in [0.2, 0.25) is 0 Å². The van der Waals surface area contributed by atoms with Gasteiger partial charge in [0.25, 0.3) is 0 Å². The van der Waals surface area contributed by atoms with Gasteiger partial charge in [0.2, 0.25) is 0 Å². The first kappa shape index (κ1) is 8.13. The zero-order chi connectivity index (χ0) is 10.2. The second kappa shape index (κ2) is 2.36. The molecule has 0 aromatic rings. The predicted molar refractivity (Wildman–Crippen MR) is 53.2 cm³/mol. The zero-order valence-electron chi connectivity index (χ0n) is 8.37. The molecule has 0 aromatic carbocycles. The Hall–Kier alpha value is -1.06. The quantitative estimate of drug-likeness (QED) is 0.466. The van der Waals surface area contributed by atoms with Crippen molar-refractivity contribution in [3.05, 3.63) is 0 Å². The van der Waals surface area contributed by atoms with Gasteiger partial charge in [-0.05, 0) is 42.9 Å². The first-order valence-electron chi connectivity index (χ1n) is 5.76. The van der Waals surface area contributed by atoms with E-state index in [4.69, 9.17) is 10.4 Å². The zero-order valence-corrected chi connectivity index (χ0v) is 8.37. The minimum absolute atomic E-state index is 0.398. The van der Waals surface area contributed by atoms with Gasteiger partial charge in [0.1, 0.15) is 0 Å². The van der Waals surface area contributed by atoms with Gasteiger partial charge >= 0.3 is 0 Å². The van der Waals surface area contributed by atoms with E-state index in [2.05, 4.69) is 10.3 Å². The van der Waals surface area contributed by atoms with E-state index in [9.17, 15) is 0 Å². The number of fused-ring (bicyclic) bond motifs is 2. The number of hydrogen-bond acceptors (Lipinski definition) is 4. The van der Waals surface area contributed by atoms with Crippen molar-refractivity contribution < 1.29 is 10.4 Å². The average Bonchev–Trinajstić information content (AvgIpc) is 2.83. The van der Waals surface area contributed by atoms with Gasteiger partial charge < -0.3 is 10.4 Å². The molecule has 0 aliphatic heterocycles. The molecule has 0 spiro atoms. The van der Waals surface area contributed by atoms with Crippen molar-refractivity contribution in [2.75, 3.05) is 0 Å². The molecule has 2 N–H and O–H groups in total. The molecule has 4 fully saturated rings. The molecule has 4 nitrogen and oxygen atoms in total. The molecule has 0 radical (unpaired) electrons. The molecule has 6 atom stereocenters. The lowest BCUT2D eigenvalue weighted by atomic mass is 9.79. The normalized spacial score (nSPS) is 60.0. The average molecular weight is 206 g/mol. The first-order valence-corrected chi connectivity index (χ1v) is 5.76. The summed E-state index contributed by atoms with van der Waals surface area (Å²) in [5.41, 5.74) is 1.95. The van der Waals surface area contributed by atoms with Gasteiger partial charge in [0, 0.05) is 11.8 Å². The first-order chi connectivity index (χ1) is 7.35. The molecule has 0 aromatic heterocycles. The summed E-state index contributed by atoms with van der Waals surface area (Å²) in [5, 5.41) is 25.0. The van der Waals surface area contributed by atoms with Gasteiger partial charge in [-0.2, -0.15) is 0 Å². The third-order valence-electron chi connectivity index (χ3n) is 5.42. The Morgan fingerprint density at radius 3 is 1.67 bits per heavy atom. The fourth-order valence-electron chi connectivity index (χ4n) is 5.14. The van der Waals surface area contributed by atoms with Gasteiger partial charge in [0.15, 0.2) is 0 Å². The maximum absolute atomic E-state index is 9.02. The fraction of sp³-hybridized carbons (Fsp3) is 0.818. The number of oxime groups is 2. The summed E-state index contributed by atoms with van der Waals surface area (Å²) in [6.45, 7) is 0. The monoisotopic (exact) mass is 206 g/mol. The van der Waals surface area contributed by atoms with Crippen LogP contribution in [-0.2, 0) is 0 Å². The van der Waals surface area contributed by atoms with Gasteiger partial charge in [-0.15, -0.1) is 0 Å². The van der Waals surface area contributed by atoms with Crippen molar-refractivity contribution in [1.29, 1.82) is 0 Å². The van der Waals surface area contributed by atoms with Crippen molar-refractivity contribution in [3.8, 4) is 0 Å². The van der Waals surface area contributed by atoms with E-state index < -0.39 is 0 Å². The highest BCUT2D eigenvalue weighted by Gasteiger charge is 2.67. The van der Waals surface area contributed by atoms with Crippen molar-refractivity contribution in [2.45, 2.75) is 19.3 Å². The summed E-state index contributed by atoms with van der Waals surface area (Å²) < 4.78 is 0. The van der Waals surface area contributed by atoms with Crippen LogP contribution in [0.3, 0.4) is 0 Å². The van der Waals surface area contributed by atoms with Crippen molar-refractivity contribution in [1.82, 2.24) is 0 Å². The maximum Gasteiger partial charge on any atom is 0.0614 e. The Bertz CT molecular complexity index is 350. The molecule has 4 heteroatoms. The van der Waals surface area contributed by atoms with Crippen molar-refractivity contribution in [3.63, 3.8) is 0 Å². The molecule has 4 aliphatic carbocycles. The Kier molecular flexibility index (Phi) is 1.28. The fourth-order valence-corrected chi connectivity index (χ4v) is 5.14. The SMILES string of the molecule is O/N=C1\C[C@@H]2[C@H]3C/C(=N\O)[C@H]4[C@@H]3C[C@@H]2[C@@H]14. The predicted octanol–water partition coefficient (Wildman–Crippen LogP) is 1.57. The smallest absolute Gasteiger partial charge is 0.0614 e. The second-order valence-corrected chi connectivity index (χ2v) is 5.53. The van der Waals surface area contributed by atoms with Crippen molar-refractivity contribution in [2.24, 2.45) is 45.8 Å². The van der Waals surface area contributed by atoms with Crippen LogP contribution in [0.4, 0.5) is 0 Å². The summed E-state index contributed by atoms with van der Waals surface area (Å²) in [6.07, 6.45) is 3.24. The van der Waals surface area contributed by atoms with E-state index in [0.29, 0.717) is 23.7 Å². The molecule has 0 amide bonds. The van der Waals surface area contributed by atoms with Crippen LogP contribution < -0.4 is 0 Å². The molecule has 0 saturated heterocycles. The maximum atomic E-state index is 9.02. The summed E-state index contributed by atoms with van der Waals surface area (Å²) in [7, 11) is 0. The van der Waals surface area contributed by atoms with Gasteiger partial charge in [-0.1, -0.05) is 10.3 Å². The standard InChI is InChI=1S/C11H14N2O2/c14-12-8-2-4-5-3-9(13-15)11-7(5)1-6(4)10(8)11/h4-7,10-11,14-15H,1-3H2/b12-8+,13-9+/t4-,5-,6-,7+,10-,11+/m1/s1. The van der Waals surface area contributed by atoms with Crippen LogP contribution >= 0.6 is 0 Å². The molecule has 4 saturated carbocycles. The third-order valence-corrected chi connectivity index (χ3v) is 5.42. The van der Waals surface area contributed by atoms with Gasteiger partial charge in [0.05, 0.1) is 11.4 Å². The molecule has 80 valence electrons. The van der Waals surface area contributed by atoms with E-state index in [1.54, 1.807) is 0 Å². The van der Waals surface area contributed by atoms with Gasteiger partial charge in [-0.25, -0.2) is 0 Å². The topological polar surface area (TPSA) is 65.2 Å². The lowest BCUT2D eigenvalue weighted by Crippen LogP contribution is -2.26. The molecule has 4 rings (SSSR count). The molecule has 4 aliphatic rings. The lowest BCUT2D eigenvalue weighted by molar-refractivity contribution is 0.240. The number of nitrogens with zero attached hydrogens (tertiary/aromatic N) is 2. The molecular weight excluding hydrogens is 192 g/mol. The van der Waals surface area contributed by atoms with Crippen LogP contribution in [0.5, 0.6) is 0 Å². The third kappa shape index (κ3) is 0.703. The van der Waals surface area contributed by atoms with Crippen LogP contribution in [0, 0.1) is 35.5 Å². The lowest BCUT2D eigenvalue weighted by Gasteiger charge is -2.24. The largest absolute Gasteiger partial charge is 0.411 e. The molecular formula is C11H14N2O2. The molecule has 0 unspecified atom stereocenters. The van der Waals surface area contributed by atoms with Crippen LogP contribution in [0.1, 0.15) is 19.3 Å². The van der Waals surface area contributed by atoms with E-state index >= 15 is 0 Å². The van der Waals surface area contributed by atoms with Crippen LogP contribution in [-0.4, -0.2) is 21.8 Å². The van der Waals surface area contributed by atoms with E-state index in [-0.39, 0.29) is 0 Å². The van der Waals surface area contributed by atoms with Crippen LogP contribution in [0.25, 0.3) is 0 Å². The minimum atomic E-state index is 0.398. The van der Waals surface area contributed by atoms with E-state index in [0.717, 1.165) is 36.1 Å². The van der Waals surface area contributed by atoms with Crippen molar-refractivity contribution >= 4 is 11.4 Å². The highest BCUT2D eigenvalue weighted by Crippen LogP contribution is 2.68. The molecule has 2 bridgehead atoms. The summed E-state index contributed by atoms with van der Waals surface area (Å²) in [6, 6.07) is 0. The minimum Gasteiger partial charge on any atom is -0.411 e. The number of hydrogen-bond donors (Lipinski definition) is 2. The Balaban J connectivity index is 1.87. The van der Waals surface area contributed by atoms with E-state index in [1.807, 2.05) is 0 Å². The summed E-state index contributed by atoms with van der Waals surface area (Å²) in [5.74, 6) is 3.65. The second-order valence-electron chi connectivity index (χ2n) is 5.53. The highest BCUT2D eigenvalue weighted by atomic mass is 16.4. The molecule has 0 heterocycles. The van der Waals surface area contributed by atoms with E-state index in [1.165, 1.54) is 6.42 Å². The number of rotatable bonds is 0. The van der Waals surface area contributed by atoms with Gasteiger partial charge in [-0.3, -0.25) is 0 Å². The molecule has 15 heavy (non-hydrogen) atoms. The Labute approximate surface area is 87.7 Å². The highest BCUT2D eigenvalue weighted by molar-refractivity contribution is 6.00. The Morgan fingerprint density at radius 2 is 1.27 bits per heavy atom. The summed E-state index contributed by atoms with van der Waals surface area (Å²) in [4.78, 5) is 0. The Morgan fingerprint density at radius 1 is 0.800 bits per heavy atom. The summed E-state index contributed by atoms with van der Waals surface area (Å²) >= 11 is 0.